The third-order valence-electron chi connectivity index (χ3n) is 2.06. The maximum Gasteiger partial charge on any atom is 0.239 e. The van der Waals surface area contributed by atoms with Crippen LogP contribution in [0, 0.1) is 11.6 Å². The molecule has 0 aliphatic rings. The number of halogens is 3. The first-order valence-electron chi connectivity index (χ1n) is 4.81. The highest BCUT2D eigenvalue weighted by atomic mass is 79.9. The Morgan fingerprint density at radius 2 is 2.00 bits per heavy atom. The predicted octanol–water partition coefficient (Wildman–Crippen LogP) is 2.55. The summed E-state index contributed by atoms with van der Waals surface area (Å²) >= 11 is 3.02. The van der Waals surface area contributed by atoms with Gasteiger partial charge in [0.1, 0.15) is 5.82 Å². The molecule has 0 saturated heterocycles. The van der Waals surface area contributed by atoms with Crippen molar-refractivity contribution in [3.05, 3.63) is 40.5 Å². The smallest absolute Gasteiger partial charge is 0.239 e. The van der Waals surface area contributed by atoms with Crippen molar-refractivity contribution < 1.29 is 8.78 Å². The second-order valence-corrected chi connectivity index (χ2v) is 4.14. The Hall–Kier alpha value is -1.80. The zero-order valence-corrected chi connectivity index (χ0v) is 10.5. The van der Waals surface area contributed by atoms with Crippen LogP contribution in [0.15, 0.2) is 28.9 Å². The van der Waals surface area contributed by atoms with Gasteiger partial charge in [0.05, 0.1) is 10.7 Å². The van der Waals surface area contributed by atoms with Crippen LogP contribution < -0.4 is 16.6 Å². The average Bonchev–Trinajstić information content (AvgIpc) is 2.36. The molecule has 1 aromatic carbocycles. The summed E-state index contributed by atoms with van der Waals surface area (Å²) in [4.78, 5) is 7.36. The van der Waals surface area contributed by atoms with E-state index in [1.165, 1.54) is 12.1 Å². The molecule has 5 nitrogen and oxygen atoms in total. The van der Waals surface area contributed by atoms with Gasteiger partial charge in [-0.05, 0) is 34.1 Å². The van der Waals surface area contributed by atoms with Gasteiger partial charge in [-0.3, -0.25) is 5.43 Å². The first-order valence-corrected chi connectivity index (χ1v) is 5.60. The Bertz CT molecular complexity index is 578. The summed E-state index contributed by atoms with van der Waals surface area (Å²) in [6, 6.07) is 4.28. The van der Waals surface area contributed by atoms with Crippen LogP contribution in [0.2, 0.25) is 0 Å². The highest BCUT2D eigenvalue weighted by Gasteiger charge is 2.08. The molecule has 4 N–H and O–H groups in total. The molecule has 8 heteroatoms. The maximum atomic E-state index is 13.4. The standard InChI is InChI=1S/C10H8BrF2N5/c11-6-2-1-5(3-7(6)12)16-9-8(13)4-15-10(17-9)18-14/h1-4H,14H2,(H2,15,16,17,18). The topological polar surface area (TPSA) is 75.9 Å². The second kappa shape index (κ2) is 5.23. The molecule has 0 saturated carbocycles. The van der Waals surface area contributed by atoms with Crippen molar-refractivity contribution in [2.24, 2.45) is 5.84 Å². The SMILES string of the molecule is NNc1ncc(F)c(Nc2ccc(Br)c(F)c2)n1. The van der Waals surface area contributed by atoms with Crippen LogP contribution in [-0.2, 0) is 0 Å². The highest BCUT2D eigenvalue weighted by molar-refractivity contribution is 9.10. The van der Waals surface area contributed by atoms with E-state index in [0.29, 0.717) is 10.2 Å². The number of aromatic nitrogens is 2. The van der Waals surface area contributed by atoms with Crippen LogP contribution in [-0.4, -0.2) is 9.97 Å². The molecule has 2 rings (SSSR count). The van der Waals surface area contributed by atoms with Crippen molar-refractivity contribution in [3.8, 4) is 0 Å². The van der Waals surface area contributed by atoms with E-state index in [-0.39, 0.29) is 11.8 Å². The van der Waals surface area contributed by atoms with Crippen LogP contribution in [0.1, 0.15) is 0 Å². The molecule has 0 fully saturated rings. The average molecular weight is 316 g/mol. The van der Waals surface area contributed by atoms with Crippen molar-refractivity contribution in [1.29, 1.82) is 0 Å². The summed E-state index contributed by atoms with van der Waals surface area (Å²) < 4.78 is 27.0. The Morgan fingerprint density at radius 3 is 2.67 bits per heavy atom. The monoisotopic (exact) mass is 315 g/mol. The Labute approximate surface area is 110 Å². The first kappa shape index (κ1) is 12.7. The number of rotatable bonds is 3. The van der Waals surface area contributed by atoms with E-state index in [1.807, 2.05) is 0 Å². The number of hydrogen-bond acceptors (Lipinski definition) is 5. The van der Waals surface area contributed by atoms with Gasteiger partial charge in [0.2, 0.25) is 5.95 Å². The quantitative estimate of drug-likeness (QED) is 0.599. The van der Waals surface area contributed by atoms with Crippen LogP contribution in [0.3, 0.4) is 0 Å². The summed E-state index contributed by atoms with van der Waals surface area (Å²) in [5.41, 5.74) is 2.55. The fraction of sp³-hybridized carbons (Fsp3) is 0. The van der Waals surface area contributed by atoms with Gasteiger partial charge in [-0.2, -0.15) is 4.98 Å². The maximum absolute atomic E-state index is 13.4. The summed E-state index contributed by atoms with van der Waals surface area (Å²) in [6.45, 7) is 0. The molecule has 18 heavy (non-hydrogen) atoms. The van der Waals surface area contributed by atoms with E-state index in [9.17, 15) is 8.78 Å². The van der Waals surface area contributed by atoms with Crippen LogP contribution in [0.5, 0.6) is 0 Å². The number of nitrogens with zero attached hydrogens (tertiary/aromatic N) is 2. The molecule has 0 bridgehead atoms. The molecule has 1 heterocycles. The Kier molecular flexibility index (Phi) is 3.68. The van der Waals surface area contributed by atoms with Crippen molar-refractivity contribution in [3.63, 3.8) is 0 Å². The minimum atomic E-state index is -0.669. The van der Waals surface area contributed by atoms with E-state index in [1.54, 1.807) is 6.07 Å². The lowest BCUT2D eigenvalue weighted by atomic mass is 10.3. The molecule has 0 spiro atoms. The van der Waals surface area contributed by atoms with E-state index >= 15 is 0 Å². The van der Waals surface area contributed by atoms with Crippen molar-refractivity contribution in [1.82, 2.24) is 9.97 Å². The molecule has 0 radical (unpaired) electrons. The molecule has 0 amide bonds. The van der Waals surface area contributed by atoms with Gasteiger partial charge in [0.25, 0.3) is 0 Å². The molecule has 0 atom stereocenters. The van der Waals surface area contributed by atoms with E-state index in [4.69, 9.17) is 5.84 Å². The van der Waals surface area contributed by atoms with Gasteiger partial charge < -0.3 is 5.32 Å². The minimum absolute atomic E-state index is 0.0523. The summed E-state index contributed by atoms with van der Waals surface area (Å²) in [6.07, 6.45) is 0.958. The zero-order valence-electron chi connectivity index (χ0n) is 8.92. The lowest BCUT2D eigenvalue weighted by molar-refractivity contribution is 0.617. The number of anilines is 3. The normalized spacial score (nSPS) is 10.2. The van der Waals surface area contributed by atoms with Crippen LogP contribution in [0.25, 0.3) is 0 Å². The van der Waals surface area contributed by atoms with Gasteiger partial charge in [-0.15, -0.1) is 0 Å². The van der Waals surface area contributed by atoms with Gasteiger partial charge in [-0.25, -0.2) is 19.6 Å². The second-order valence-electron chi connectivity index (χ2n) is 3.29. The predicted molar refractivity (Wildman–Crippen MR) is 67.2 cm³/mol. The van der Waals surface area contributed by atoms with Gasteiger partial charge in [0.15, 0.2) is 11.6 Å². The lowest BCUT2D eigenvalue weighted by Gasteiger charge is -2.08. The van der Waals surface area contributed by atoms with Crippen molar-refractivity contribution in [2.75, 3.05) is 10.7 Å². The number of benzene rings is 1. The third kappa shape index (κ3) is 2.71. The largest absolute Gasteiger partial charge is 0.338 e. The van der Waals surface area contributed by atoms with E-state index < -0.39 is 11.6 Å². The molecule has 94 valence electrons. The fourth-order valence-electron chi connectivity index (χ4n) is 1.23. The van der Waals surface area contributed by atoms with Gasteiger partial charge >= 0.3 is 0 Å². The molecule has 0 unspecified atom stereocenters. The summed E-state index contributed by atoms with van der Waals surface area (Å²) in [5.74, 6) is 3.93. The Morgan fingerprint density at radius 1 is 1.22 bits per heavy atom. The summed E-state index contributed by atoms with van der Waals surface area (Å²) in [7, 11) is 0. The van der Waals surface area contributed by atoms with Crippen molar-refractivity contribution >= 4 is 33.4 Å². The number of hydrogen-bond donors (Lipinski definition) is 3. The molecule has 1 aromatic heterocycles. The highest BCUT2D eigenvalue weighted by Crippen LogP contribution is 2.23. The first-order chi connectivity index (χ1) is 8.60. The lowest BCUT2D eigenvalue weighted by Crippen LogP contribution is -2.12. The van der Waals surface area contributed by atoms with Gasteiger partial charge in [-0.1, -0.05) is 0 Å². The fourth-order valence-corrected chi connectivity index (χ4v) is 1.48. The molecule has 0 aliphatic heterocycles. The third-order valence-corrected chi connectivity index (χ3v) is 2.70. The number of hydrazine groups is 1. The number of nitrogen functional groups attached to an aromatic ring is 1. The van der Waals surface area contributed by atoms with Gasteiger partial charge in [0, 0.05) is 5.69 Å². The van der Waals surface area contributed by atoms with Crippen LogP contribution >= 0.6 is 15.9 Å². The zero-order chi connectivity index (χ0) is 13.1. The van der Waals surface area contributed by atoms with Crippen LogP contribution in [0.4, 0.5) is 26.2 Å². The molecule has 0 aliphatic carbocycles. The molecular weight excluding hydrogens is 308 g/mol. The Balaban J connectivity index is 2.30. The number of nitrogens with two attached hydrogens (primary N) is 1. The van der Waals surface area contributed by atoms with E-state index in [2.05, 4.69) is 36.6 Å². The van der Waals surface area contributed by atoms with Crippen molar-refractivity contribution in [2.45, 2.75) is 0 Å². The molecule has 2 aromatic rings. The number of nitrogens with one attached hydrogen (secondary N) is 2. The minimum Gasteiger partial charge on any atom is -0.338 e. The van der Waals surface area contributed by atoms with E-state index in [0.717, 1.165) is 6.20 Å². The summed E-state index contributed by atoms with van der Waals surface area (Å²) in [5, 5.41) is 2.63. The molecular formula is C10H8BrF2N5.